The van der Waals surface area contributed by atoms with E-state index in [9.17, 15) is 40.4 Å². The average Bonchev–Trinajstić information content (AvgIpc) is 3.02. The molecule has 2 aromatic carbocycles. The number of likely N-dealkylation sites (N-methyl/N-ethyl adjacent to an activating group) is 2. The summed E-state index contributed by atoms with van der Waals surface area (Å²) in [4.78, 5) is 50.6. The van der Waals surface area contributed by atoms with E-state index in [2.05, 4.69) is 15.3 Å². The van der Waals surface area contributed by atoms with Gasteiger partial charge in [0.05, 0.1) is 0 Å². The molecule has 0 spiro atoms. The first-order valence-corrected chi connectivity index (χ1v) is 16.4. The van der Waals surface area contributed by atoms with Gasteiger partial charge in [0, 0.05) is 45.0 Å². The van der Waals surface area contributed by atoms with Crippen LogP contribution in [0, 0.1) is 37.1 Å². The van der Waals surface area contributed by atoms with Crippen molar-refractivity contribution in [3.8, 4) is 0 Å². The van der Waals surface area contributed by atoms with Gasteiger partial charge in [-0.05, 0) is 78.9 Å². The normalized spacial score (nSPS) is 12.5. The van der Waals surface area contributed by atoms with Gasteiger partial charge in [-0.3, -0.25) is 19.4 Å². The largest absolute Gasteiger partial charge is 0.330 e. The van der Waals surface area contributed by atoms with Gasteiger partial charge < -0.3 is 5.32 Å². The summed E-state index contributed by atoms with van der Waals surface area (Å²) in [5.41, 5.74) is 1.45. The summed E-state index contributed by atoms with van der Waals surface area (Å²) in [6.07, 6.45) is 1.93. The highest BCUT2D eigenvalue weighted by Crippen LogP contribution is 2.17. The first-order valence-electron chi connectivity index (χ1n) is 14.9. The maximum Gasteiger partial charge on any atom is 0.330 e. The Balaban J connectivity index is 1.58. The van der Waals surface area contributed by atoms with Crippen LogP contribution < -0.4 is 24.6 Å². The predicted molar refractivity (Wildman–Crippen MR) is 176 cm³/mol. The molecule has 0 aliphatic rings. The third kappa shape index (κ3) is 10.3. The number of benzene rings is 2. The summed E-state index contributed by atoms with van der Waals surface area (Å²) in [6.45, 7) is 3.53. The predicted octanol–water partition coefficient (Wildman–Crippen LogP) is 3.63. The van der Waals surface area contributed by atoms with Crippen molar-refractivity contribution in [2.75, 3.05) is 23.9 Å². The maximum atomic E-state index is 14.0. The van der Waals surface area contributed by atoms with Crippen molar-refractivity contribution >= 4 is 39.7 Å². The molecular weight excluding hydrogens is 682 g/mol. The van der Waals surface area contributed by atoms with E-state index in [0.29, 0.717) is 12.1 Å². The fraction of sp³-hybridized carbons (Fsp3) is 0.242. The van der Waals surface area contributed by atoms with Crippen LogP contribution in [-0.4, -0.2) is 62.4 Å². The third-order valence-electron chi connectivity index (χ3n) is 7.29. The SMILES string of the molecule is Cc1ccc(N(C)C(=O)[C@H](Cc2cc(F)cc(F)c2)NC(=O)NS(=O)(=O)N[C@@H](Cc2cc(F)cc(F)c2)C(=O)N(C)c2ccc(C)cn2)nc1. The van der Waals surface area contributed by atoms with Gasteiger partial charge in [0.2, 0.25) is 5.91 Å². The average molecular weight is 716 g/mol. The summed E-state index contributed by atoms with van der Waals surface area (Å²) in [7, 11) is -2.31. The van der Waals surface area contributed by atoms with E-state index in [0.717, 1.165) is 45.2 Å². The van der Waals surface area contributed by atoms with E-state index in [1.165, 1.54) is 38.6 Å². The number of pyridine rings is 2. The second-order valence-corrected chi connectivity index (χ2v) is 12.9. The topological polar surface area (TPSA) is 154 Å². The zero-order valence-corrected chi connectivity index (χ0v) is 28.1. The Bertz CT molecular complexity index is 1940. The van der Waals surface area contributed by atoms with Crippen LogP contribution in [0.25, 0.3) is 0 Å². The van der Waals surface area contributed by atoms with Crippen molar-refractivity contribution < 1.29 is 40.4 Å². The van der Waals surface area contributed by atoms with Crippen LogP contribution in [0.1, 0.15) is 22.3 Å². The molecule has 3 N–H and O–H groups in total. The molecule has 0 aliphatic carbocycles. The fourth-order valence-corrected chi connectivity index (χ4v) is 5.77. The zero-order chi connectivity index (χ0) is 36.7. The number of nitrogens with zero attached hydrogens (tertiary/aromatic N) is 4. The minimum atomic E-state index is -4.95. The van der Waals surface area contributed by atoms with Gasteiger partial charge in [-0.25, -0.2) is 37.0 Å². The Morgan fingerprint density at radius 1 is 0.680 bits per heavy atom. The number of aromatic nitrogens is 2. The standard InChI is InChI=1S/C33H33F4N7O5S/c1-19-5-7-29(38-17-19)43(3)31(45)27(13-21-9-23(34)15-24(35)10-21)40-33(47)42-50(48,49)41-28(14-22-11-25(36)16-26(37)12-22)32(46)44(4)30-8-6-20(2)18-39-30/h5-12,15-18,27-28,41H,13-14H2,1-4H3,(H2,40,42,47)/t27-,28-/m0/s1. The van der Waals surface area contributed by atoms with Gasteiger partial charge in [0.1, 0.15) is 47.0 Å². The van der Waals surface area contributed by atoms with Gasteiger partial charge in [-0.15, -0.1) is 0 Å². The first kappa shape index (κ1) is 37.4. The molecule has 50 heavy (non-hydrogen) atoms. The Labute approximate surface area is 285 Å². The zero-order valence-electron chi connectivity index (χ0n) is 27.2. The minimum Gasteiger partial charge on any atom is -0.325 e. The third-order valence-corrected chi connectivity index (χ3v) is 8.34. The lowest BCUT2D eigenvalue weighted by Crippen LogP contribution is -2.57. The van der Waals surface area contributed by atoms with E-state index in [1.807, 2.05) is 4.72 Å². The number of carbonyl (C=O) groups is 3. The summed E-state index contributed by atoms with van der Waals surface area (Å²) < 4.78 is 86.1. The van der Waals surface area contributed by atoms with Crippen LogP contribution in [0.3, 0.4) is 0 Å². The number of halogens is 4. The second-order valence-electron chi connectivity index (χ2n) is 11.4. The summed E-state index contributed by atoms with van der Waals surface area (Å²) >= 11 is 0. The number of hydrogen-bond acceptors (Lipinski definition) is 7. The number of hydrogen-bond donors (Lipinski definition) is 3. The minimum absolute atomic E-state index is 0.0341. The van der Waals surface area contributed by atoms with Crippen molar-refractivity contribution in [3.63, 3.8) is 0 Å². The molecule has 0 saturated carbocycles. The van der Waals surface area contributed by atoms with Crippen LogP contribution in [0.2, 0.25) is 0 Å². The van der Waals surface area contributed by atoms with Crippen LogP contribution in [-0.2, 0) is 32.6 Å². The van der Waals surface area contributed by atoms with E-state index in [-0.39, 0.29) is 22.8 Å². The number of anilines is 2. The van der Waals surface area contributed by atoms with Gasteiger partial charge >= 0.3 is 16.2 Å². The molecule has 0 fully saturated rings. The van der Waals surface area contributed by atoms with E-state index < -0.39 is 76.2 Å². The molecule has 4 amide bonds. The number of aryl methyl sites for hydroxylation is 2. The first-order chi connectivity index (χ1) is 23.5. The maximum absolute atomic E-state index is 14.0. The van der Waals surface area contributed by atoms with Crippen LogP contribution in [0.4, 0.5) is 34.0 Å². The van der Waals surface area contributed by atoms with Crippen molar-refractivity contribution in [3.05, 3.63) is 119 Å². The molecule has 17 heteroatoms. The number of carbonyl (C=O) groups excluding carboxylic acids is 3. The number of amides is 4. The molecule has 0 saturated heterocycles. The Kier molecular flexibility index (Phi) is 11.9. The molecule has 0 unspecified atom stereocenters. The van der Waals surface area contributed by atoms with E-state index in [1.54, 1.807) is 30.7 Å². The quantitative estimate of drug-likeness (QED) is 0.190. The van der Waals surface area contributed by atoms with Gasteiger partial charge in [0.25, 0.3) is 5.91 Å². The monoisotopic (exact) mass is 715 g/mol. The Hall–Kier alpha value is -5.42. The van der Waals surface area contributed by atoms with Crippen molar-refractivity contribution in [1.82, 2.24) is 24.7 Å². The van der Waals surface area contributed by atoms with E-state index >= 15 is 0 Å². The van der Waals surface area contributed by atoms with Crippen LogP contribution in [0.15, 0.2) is 73.1 Å². The van der Waals surface area contributed by atoms with Crippen molar-refractivity contribution in [2.45, 2.75) is 38.8 Å². The number of rotatable bonds is 12. The summed E-state index contributed by atoms with van der Waals surface area (Å²) in [5, 5.41) is 2.21. The number of nitrogens with one attached hydrogen (secondary N) is 3. The lowest BCUT2D eigenvalue weighted by molar-refractivity contribution is -0.120. The Morgan fingerprint density at radius 3 is 1.48 bits per heavy atom. The molecule has 2 atom stereocenters. The van der Waals surface area contributed by atoms with Crippen LogP contribution in [0.5, 0.6) is 0 Å². The highest BCUT2D eigenvalue weighted by molar-refractivity contribution is 7.88. The molecule has 0 radical (unpaired) electrons. The molecule has 0 aliphatic heterocycles. The highest BCUT2D eigenvalue weighted by Gasteiger charge is 2.32. The lowest BCUT2D eigenvalue weighted by Gasteiger charge is -2.26. The van der Waals surface area contributed by atoms with Crippen molar-refractivity contribution in [2.24, 2.45) is 0 Å². The molecular formula is C33H33F4N7O5S. The highest BCUT2D eigenvalue weighted by atomic mass is 32.2. The molecule has 4 aromatic rings. The van der Waals surface area contributed by atoms with Crippen molar-refractivity contribution in [1.29, 1.82) is 0 Å². The molecule has 2 aromatic heterocycles. The van der Waals surface area contributed by atoms with Gasteiger partial charge in [0.15, 0.2) is 0 Å². The lowest BCUT2D eigenvalue weighted by atomic mass is 10.0. The van der Waals surface area contributed by atoms with Crippen LogP contribution >= 0.6 is 0 Å². The summed E-state index contributed by atoms with van der Waals surface area (Å²) in [6, 6.07) is 6.51. The second kappa shape index (κ2) is 15.9. The van der Waals surface area contributed by atoms with E-state index in [4.69, 9.17) is 0 Å². The fourth-order valence-electron chi connectivity index (χ4n) is 4.85. The molecule has 0 bridgehead atoms. The molecule has 264 valence electrons. The molecule has 2 heterocycles. The smallest absolute Gasteiger partial charge is 0.325 e. The molecule has 12 nitrogen and oxygen atoms in total. The Morgan fingerprint density at radius 2 is 1.08 bits per heavy atom. The van der Waals surface area contributed by atoms with Gasteiger partial charge in [-0.2, -0.15) is 13.1 Å². The van der Waals surface area contributed by atoms with Gasteiger partial charge in [-0.1, -0.05) is 12.1 Å². The molecule has 4 rings (SSSR count). The number of urea groups is 1. The summed E-state index contributed by atoms with van der Waals surface area (Å²) in [5.74, 6) is -5.27.